The fourth-order valence-corrected chi connectivity index (χ4v) is 3.31. The van der Waals surface area contributed by atoms with Crippen molar-refractivity contribution in [2.24, 2.45) is 17.8 Å². The molecule has 102 valence electrons. The van der Waals surface area contributed by atoms with Gasteiger partial charge in [-0.2, -0.15) is 0 Å². The summed E-state index contributed by atoms with van der Waals surface area (Å²) in [6.07, 6.45) is 4.97. The lowest BCUT2D eigenvalue weighted by molar-refractivity contribution is -0.147. The highest BCUT2D eigenvalue weighted by Crippen LogP contribution is 2.48. The molecule has 3 unspecified atom stereocenters. The fourth-order valence-electron chi connectivity index (χ4n) is 3.31. The third-order valence-corrected chi connectivity index (χ3v) is 4.07. The van der Waals surface area contributed by atoms with E-state index in [4.69, 9.17) is 4.74 Å². The van der Waals surface area contributed by atoms with Gasteiger partial charge in [-0.1, -0.05) is 6.42 Å². The maximum absolute atomic E-state index is 12.0. The molecule has 4 nitrogen and oxygen atoms in total. The van der Waals surface area contributed by atoms with Gasteiger partial charge >= 0.3 is 5.97 Å². The van der Waals surface area contributed by atoms with Crippen LogP contribution in [0.4, 0.5) is 0 Å². The summed E-state index contributed by atoms with van der Waals surface area (Å²) in [4.78, 5) is 23.3. The van der Waals surface area contributed by atoms with Crippen LogP contribution in [0.2, 0.25) is 0 Å². The normalized spacial score (nSPS) is 29.6. The zero-order chi connectivity index (χ0) is 13.1. The van der Waals surface area contributed by atoms with Gasteiger partial charge in [-0.15, -0.1) is 0 Å². The van der Waals surface area contributed by atoms with Crippen LogP contribution < -0.4 is 5.32 Å². The van der Waals surface area contributed by atoms with Crippen LogP contribution >= 0.6 is 0 Å². The lowest BCUT2D eigenvalue weighted by atomic mass is 9.88. The second-order valence-corrected chi connectivity index (χ2v) is 5.86. The smallest absolute Gasteiger partial charge is 0.307 e. The molecule has 0 spiro atoms. The number of hydrogen-bond acceptors (Lipinski definition) is 3. The Bertz CT molecular complexity index is 327. The number of nitrogens with one attached hydrogen (secondary N) is 1. The summed E-state index contributed by atoms with van der Waals surface area (Å²) in [6, 6.07) is 0. The first-order valence-corrected chi connectivity index (χ1v) is 7.03. The van der Waals surface area contributed by atoms with Crippen LogP contribution in [-0.2, 0) is 14.3 Å². The molecule has 0 aromatic heterocycles. The maximum Gasteiger partial charge on any atom is 0.307 e. The van der Waals surface area contributed by atoms with Crippen LogP contribution in [0.25, 0.3) is 0 Å². The summed E-state index contributed by atoms with van der Waals surface area (Å²) < 4.78 is 5.02. The molecule has 1 amide bonds. The van der Waals surface area contributed by atoms with E-state index in [9.17, 15) is 9.59 Å². The molecule has 0 heterocycles. The van der Waals surface area contributed by atoms with Gasteiger partial charge in [0.2, 0.25) is 5.91 Å². The molecule has 0 radical (unpaired) electrons. The second kappa shape index (κ2) is 5.72. The van der Waals surface area contributed by atoms with E-state index in [0.29, 0.717) is 12.5 Å². The van der Waals surface area contributed by atoms with Crippen LogP contribution in [0.1, 0.15) is 46.0 Å². The molecular formula is C14H23NO3. The van der Waals surface area contributed by atoms with Gasteiger partial charge in [-0.25, -0.2) is 0 Å². The Kier molecular flexibility index (Phi) is 4.25. The Labute approximate surface area is 108 Å². The van der Waals surface area contributed by atoms with Gasteiger partial charge in [-0.05, 0) is 44.9 Å². The lowest BCUT2D eigenvalue weighted by Gasteiger charge is -2.20. The van der Waals surface area contributed by atoms with Crippen molar-refractivity contribution in [1.29, 1.82) is 0 Å². The van der Waals surface area contributed by atoms with E-state index in [1.807, 2.05) is 13.8 Å². The van der Waals surface area contributed by atoms with Crippen LogP contribution in [-0.4, -0.2) is 24.5 Å². The molecule has 4 heteroatoms. The predicted octanol–water partition coefficient (Wildman–Crippen LogP) is 1.88. The molecule has 2 bridgehead atoms. The average Bonchev–Trinajstić information content (AvgIpc) is 2.89. The predicted molar refractivity (Wildman–Crippen MR) is 67.8 cm³/mol. The minimum absolute atomic E-state index is 0.0845. The summed E-state index contributed by atoms with van der Waals surface area (Å²) in [5.41, 5.74) is 0. The zero-order valence-corrected chi connectivity index (χ0v) is 11.3. The minimum Gasteiger partial charge on any atom is -0.463 e. The van der Waals surface area contributed by atoms with E-state index in [1.165, 1.54) is 19.3 Å². The minimum atomic E-state index is -0.238. The monoisotopic (exact) mass is 253 g/mol. The molecule has 2 fully saturated rings. The fraction of sp³-hybridized carbons (Fsp3) is 0.857. The van der Waals surface area contributed by atoms with Gasteiger partial charge in [0, 0.05) is 12.5 Å². The Morgan fingerprint density at radius 3 is 2.61 bits per heavy atom. The third-order valence-electron chi connectivity index (χ3n) is 4.07. The van der Waals surface area contributed by atoms with Crippen LogP contribution in [0.15, 0.2) is 0 Å². The number of amides is 1. The number of esters is 1. The van der Waals surface area contributed by atoms with Crippen molar-refractivity contribution in [1.82, 2.24) is 5.32 Å². The molecule has 2 rings (SSSR count). The number of carbonyl (C=O) groups excluding carboxylic acids is 2. The molecule has 2 saturated carbocycles. The van der Waals surface area contributed by atoms with Gasteiger partial charge in [0.1, 0.15) is 0 Å². The zero-order valence-electron chi connectivity index (χ0n) is 11.3. The van der Waals surface area contributed by atoms with Gasteiger partial charge in [0.25, 0.3) is 0 Å². The van der Waals surface area contributed by atoms with Crippen molar-refractivity contribution in [3.8, 4) is 0 Å². The summed E-state index contributed by atoms with van der Waals surface area (Å²) >= 11 is 0. The largest absolute Gasteiger partial charge is 0.463 e. The van der Waals surface area contributed by atoms with Crippen LogP contribution in [0, 0.1) is 17.8 Å². The van der Waals surface area contributed by atoms with Crippen molar-refractivity contribution >= 4 is 11.9 Å². The highest BCUT2D eigenvalue weighted by Gasteiger charge is 2.42. The topological polar surface area (TPSA) is 55.4 Å². The summed E-state index contributed by atoms with van der Waals surface area (Å²) in [5.74, 6) is 1.47. The number of hydrogen-bond donors (Lipinski definition) is 1. The number of carbonyl (C=O) groups is 2. The quantitative estimate of drug-likeness (QED) is 0.761. The molecule has 18 heavy (non-hydrogen) atoms. The first kappa shape index (κ1) is 13.4. The summed E-state index contributed by atoms with van der Waals surface area (Å²) in [6.45, 7) is 4.05. The van der Waals surface area contributed by atoms with E-state index < -0.39 is 0 Å². The van der Waals surface area contributed by atoms with Crippen molar-refractivity contribution in [2.75, 3.05) is 6.54 Å². The highest BCUT2D eigenvalue weighted by molar-refractivity contribution is 5.80. The molecular weight excluding hydrogens is 230 g/mol. The second-order valence-electron chi connectivity index (χ2n) is 5.86. The van der Waals surface area contributed by atoms with Crippen LogP contribution in [0.3, 0.4) is 0 Å². The number of fused-ring (bicyclic) bond motifs is 2. The molecule has 0 saturated heterocycles. The summed E-state index contributed by atoms with van der Waals surface area (Å²) in [7, 11) is 0. The van der Waals surface area contributed by atoms with Crippen molar-refractivity contribution in [2.45, 2.75) is 52.1 Å². The molecule has 2 aliphatic carbocycles. The molecule has 0 aliphatic heterocycles. The van der Waals surface area contributed by atoms with Crippen molar-refractivity contribution in [3.63, 3.8) is 0 Å². The highest BCUT2D eigenvalue weighted by atomic mass is 16.5. The van der Waals surface area contributed by atoms with E-state index in [1.54, 1.807) is 0 Å². The molecule has 0 aromatic carbocycles. The summed E-state index contributed by atoms with van der Waals surface area (Å²) in [5, 5.41) is 2.87. The van der Waals surface area contributed by atoms with E-state index >= 15 is 0 Å². The van der Waals surface area contributed by atoms with Crippen molar-refractivity contribution < 1.29 is 14.3 Å². The lowest BCUT2D eigenvalue weighted by Crippen LogP contribution is -2.35. The number of ether oxygens (including phenoxy) is 1. The number of rotatable bonds is 5. The Morgan fingerprint density at radius 2 is 2.06 bits per heavy atom. The molecule has 2 aliphatic rings. The van der Waals surface area contributed by atoms with Crippen LogP contribution in [0.5, 0.6) is 0 Å². The van der Waals surface area contributed by atoms with Gasteiger partial charge < -0.3 is 10.1 Å². The molecule has 3 atom stereocenters. The SMILES string of the molecule is CC(C)OC(=O)CCNC(=O)C1CC2CCC1C2. The van der Waals surface area contributed by atoms with E-state index in [-0.39, 0.29) is 30.3 Å². The van der Waals surface area contributed by atoms with Gasteiger partial charge in [-0.3, -0.25) is 9.59 Å². The Morgan fingerprint density at radius 1 is 1.28 bits per heavy atom. The van der Waals surface area contributed by atoms with Gasteiger partial charge in [0.05, 0.1) is 12.5 Å². The van der Waals surface area contributed by atoms with E-state index in [2.05, 4.69) is 5.32 Å². The Hall–Kier alpha value is -1.06. The molecule has 1 N–H and O–H groups in total. The molecule has 0 aromatic rings. The van der Waals surface area contributed by atoms with E-state index in [0.717, 1.165) is 12.3 Å². The third kappa shape index (κ3) is 3.24. The first-order valence-electron chi connectivity index (χ1n) is 7.03. The van der Waals surface area contributed by atoms with Crippen molar-refractivity contribution in [3.05, 3.63) is 0 Å². The Balaban J connectivity index is 1.65. The first-order chi connectivity index (χ1) is 8.56. The average molecular weight is 253 g/mol. The maximum atomic E-state index is 12.0. The van der Waals surface area contributed by atoms with Gasteiger partial charge in [0.15, 0.2) is 0 Å². The standard InChI is InChI=1S/C14H23NO3/c1-9(2)18-13(16)5-6-15-14(17)12-8-10-3-4-11(12)7-10/h9-12H,3-8H2,1-2H3,(H,15,17).